The summed E-state index contributed by atoms with van der Waals surface area (Å²) in [4.78, 5) is 10.9. The Hall–Kier alpha value is -2.44. The third-order valence-electron chi connectivity index (χ3n) is 6.02. The van der Waals surface area contributed by atoms with E-state index in [2.05, 4.69) is 12.2 Å². The number of nitrogens with two attached hydrogens (primary N) is 1. The van der Waals surface area contributed by atoms with Gasteiger partial charge < -0.3 is 20.9 Å². The summed E-state index contributed by atoms with van der Waals surface area (Å²) in [6, 6.07) is 12.7. The van der Waals surface area contributed by atoms with Crippen molar-refractivity contribution in [2.24, 2.45) is 11.7 Å². The van der Waals surface area contributed by atoms with Crippen molar-refractivity contribution in [1.29, 1.82) is 0 Å². The normalized spacial score (nSPS) is 18.6. The summed E-state index contributed by atoms with van der Waals surface area (Å²) in [6.07, 6.45) is 2.57. The average Bonchev–Trinajstić information content (AvgIpc) is 2.77. The minimum absolute atomic E-state index is 0.0743. The zero-order valence-corrected chi connectivity index (χ0v) is 17.5. The van der Waals surface area contributed by atoms with Gasteiger partial charge >= 0.3 is 6.09 Å². The molecule has 2 unspecified atom stereocenters. The van der Waals surface area contributed by atoms with Crippen LogP contribution in [-0.2, 0) is 16.8 Å². The Balaban J connectivity index is 2.04. The zero-order chi connectivity index (χ0) is 21.6. The number of hydrogen-bond donors (Lipinski definition) is 3. The van der Waals surface area contributed by atoms with Crippen LogP contribution in [0.4, 0.5) is 9.18 Å². The van der Waals surface area contributed by atoms with E-state index in [9.17, 15) is 9.90 Å². The first-order valence-corrected chi connectivity index (χ1v) is 10.7. The van der Waals surface area contributed by atoms with Crippen molar-refractivity contribution in [2.75, 3.05) is 19.7 Å². The summed E-state index contributed by atoms with van der Waals surface area (Å²) in [5.74, 6) is -0.425. The highest BCUT2D eigenvalue weighted by molar-refractivity contribution is 5.70. The van der Waals surface area contributed by atoms with Gasteiger partial charge in [0.2, 0.25) is 0 Å². The number of halogens is 1. The first-order chi connectivity index (χ1) is 14.5. The highest BCUT2D eigenvalue weighted by atomic mass is 19.1. The number of carbonyl (C=O) groups is 1. The molecule has 0 saturated carbocycles. The maximum atomic E-state index is 15.2. The van der Waals surface area contributed by atoms with Crippen molar-refractivity contribution >= 4 is 6.09 Å². The van der Waals surface area contributed by atoms with Crippen molar-refractivity contribution < 1.29 is 19.0 Å². The molecular weight excluding hydrogens is 383 g/mol. The van der Waals surface area contributed by atoms with Crippen LogP contribution in [0.2, 0.25) is 0 Å². The van der Waals surface area contributed by atoms with Gasteiger partial charge in [-0.2, -0.15) is 0 Å². The zero-order valence-electron chi connectivity index (χ0n) is 17.5. The number of rotatable bonds is 8. The second-order valence-electron chi connectivity index (χ2n) is 7.95. The topological polar surface area (TPSA) is 84.6 Å². The van der Waals surface area contributed by atoms with Crippen LogP contribution in [0.15, 0.2) is 42.5 Å². The molecule has 2 atom stereocenters. The summed E-state index contributed by atoms with van der Waals surface area (Å²) < 4.78 is 20.0. The molecule has 30 heavy (non-hydrogen) atoms. The van der Waals surface area contributed by atoms with Gasteiger partial charge in [0.05, 0.1) is 12.2 Å². The number of aliphatic hydroxyl groups is 1. The number of primary amides is 1. The lowest BCUT2D eigenvalue weighted by atomic mass is 9.72. The van der Waals surface area contributed by atoms with E-state index in [1.54, 1.807) is 6.07 Å². The van der Waals surface area contributed by atoms with E-state index in [0.717, 1.165) is 36.9 Å². The van der Waals surface area contributed by atoms with Crippen LogP contribution >= 0.6 is 0 Å². The molecule has 5 nitrogen and oxygen atoms in total. The van der Waals surface area contributed by atoms with Gasteiger partial charge in [0.15, 0.2) is 0 Å². The smallest absolute Gasteiger partial charge is 0.404 e. The molecule has 0 aromatic heterocycles. The van der Waals surface area contributed by atoms with E-state index in [1.165, 1.54) is 6.07 Å². The Morgan fingerprint density at radius 3 is 2.83 bits per heavy atom. The number of amides is 1. The summed E-state index contributed by atoms with van der Waals surface area (Å²) >= 11 is 0. The van der Waals surface area contributed by atoms with E-state index in [-0.39, 0.29) is 18.3 Å². The van der Waals surface area contributed by atoms with Gasteiger partial charge in [0.25, 0.3) is 0 Å². The summed E-state index contributed by atoms with van der Waals surface area (Å²) in [7, 11) is 0. The van der Waals surface area contributed by atoms with Crippen LogP contribution in [0.5, 0.6) is 0 Å². The Kier molecular flexibility index (Phi) is 7.45. The molecule has 0 aliphatic carbocycles. The van der Waals surface area contributed by atoms with Crippen molar-refractivity contribution in [3.05, 3.63) is 59.4 Å². The molecule has 1 heterocycles. The first kappa shape index (κ1) is 22.2. The second-order valence-corrected chi connectivity index (χ2v) is 7.95. The molecule has 1 saturated heterocycles. The molecule has 2 aromatic rings. The molecule has 0 bridgehead atoms. The average molecular weight is 415 g/mol. The molecule has 4 N–H and O–H groups in total. The molecule has 162 valence electrons. The van der Waals surface area contributed by atoms with E-state index >= 15 is 4.39 Å². The van der Waals surface area contributed by atoms with Crippen LogP contribution in [0, 0.1) is 11.7 Å². The summed E-state index contributed by atoms with van der Waals surface area (Å²) in [5, 5.41) is 15.3. The number of hydrogen-bond acceptors (Lipinski definition) is 4. The van der Waals surface area contributed by atoms with Crippen LogP contribution in [0.25, 0.3) is 11.1 Å². The largest absolute Gasteiger partial charge is 0.450 e. The van der Waals surface area contributed by atoms with Crippen molar-refractivity contribution in [1.82, 2.24) is 5.32 Å². The number of benzene rings is 2. The number of carbonyl (C=O) groups excluding carboxylic acids is 1. The maximum absolute atomic E-state index is 15.2. The van der Waals surface area contributed by atoms with E-state index in [1.807, 2.05) is 30.3 Å². The third kappa shape index (κ3) is 4.99. The standard InChI is InChI=1S/C24H31FN2O3/c1-2-17-7-3-8-18(15-17)22-20(10-4-11-21(22)25)24(29,12-6-14-30-23(26)28)19-9-5-13-27-16-19/h3-4,7-8,10-11,15,19,27,29H,2,5-6,9,12-14,16H2,1H3,(H2,26,28). The molecule has 1 aliphatic heterocycles. The van der Waals surface area contributed by atoms with Gasteiger partial charge in [-0.25, -0.2) is 9.18 Å². The van der Waals surface area contributed by atoms with Crippen LogP contribution < -0.4 is 11.1 Å². The minimum atomic E-state index is -1.26. The number of nitrogens with one attached hydrogen (secondary N) is 1. The second kappa shape index (κ2) is 10.0. The van der Waals surface area contributed by atoms with Crippen LogP contribution in [0.3, 0.4) is 0 Å². The Labute approximate surface area is 177 Å². The molecule has 0 spiro atoms. The van der Waals surface area contributed by atoms with Gasteiger partial charge in [0, 0.05) is 18.0 Å². The summed E-state index contributed by atoms with van der Waals surface area (Å²) in [6.45, 7) is 3.74. The highest BCUT2D eigenvalue weighted by Gasteiger charge is 2.40. The quantitative estimate of drug-likeness (QED) is 0.568. The van der Waals surface area contributed by atoms with E-state index < -0.39 is 11.7 Å². The van der Waals surface area contributed by atoms with Crippen LogP contribution in [-0.4, -0.2) is 30.9 Å². The predicted octanol–water partition coefficient (Wildman–Crippen LogP) is 4.12. The van der Waals surface area contributed by atoms with E-state index in [4.69, 9.17) is 10.5 Å². The molecule has 0 radical (unpaired) electrons. The monoisotopic (exact) mass is 414 g/mol. The van der Waals surface area contributed by atoms with Crippen LogP contribution in [0.1, 0.15) is 43.7 Å². The van der Waals surface area contributed by atoms with Gasteiger partial charge in [-0.15, -0.1) is 0 Å². The molecule has 2 aromatic carbocycles. The fourth-order valence-corrected chi connectivity index (χ4v) is 4.46. The number of piperidine rings is 1. The Bertz CT molecular complexity index is 867. The number of ether oxygens (including phenoxy) is 1. The molecule has 1 fully saturated rings. The fraction of sp³-hybridized carbons (Fsp3) is 0.458. The van der Waals surface area contributed by atoms with E-state index in [0.29, 0.717) is 30.5 Å². The molecular formula is C24H31FN2O3. The fourth-order valence-electron chi connectivity index (χ4n) is 4.46. The molecule has 1 amide bonds. The lowest BCUT2D eigenvalue weighted by Gasteiger charge is -2.40. The van der Waals surface area contributed by atoms with Crippen molar-refractivity contribution in [2.45, 2.75) is 44.6 Å². The first-order valence-electron chi connectivity index (χ1n) is 10.7. The Morgan fingerprint density at radius 1 is 1.33 bits per heavy atom. The molecule has 1 aliphatic rings. The van der Waals surface area contributed by atoms with Crippen molar-refractivity contribution in [3.63, 3.8) is 0 Å². The highest BCUT2D eigenvalue weighted by Crippen LogP contribution is 2.43. The third-order valence-corrected chi connectivity index (χ3v) is 6.02. The van der Waals surface area contributed by atoms with Gasteiger partial charge in [-0.05, 0) is 61.4 Å². The SMILES string of the molecule is CCc1cccc(-c2c(F)cccc2C(O)(CCCOC(N)=O)C2CCCNC2)c1. The molecule has 6 heteroatoms. The Morgan fingerprint density at radius 2 is 2.13 bits per heavy atom. The number of aryl methyl sites for hydroxylation is 1. The minimum Gasteiger partial charge on any atom is -0.450 e. The molecule has 3 rings (SSSR count). The van der Waals surface area contributed by atoms with Crippen molar-refractivity contribution in [3.8, 4) is 11.1 Å². The lowest BCUT2D eigenvalue weighted by Crippen LogP contribution is -2.45. The van der Waals surface area contributed by atoms with Gasteiger partial charge in [-0.3, -0.25) is 0 Å². The maximum Gasteiger partial charge on any atom is 0.404 e. The van der Waals surface area contributed by atoms with Gasteiger partial charge in [-0.1, -0.05) is 43.3 Å². The predicted molar refractivity (Wildman–Crippen MR) is 115 cm³/mol. The summed E-state index contributed by atoms with van der Waals surface area (Å²) in [5.41, 5.74) is 6.71. The lowest BCUT2D eigenvalue weighted by molar-refractivity contribution is -0.0447. The van der Waals surface area contributed by atoms with Gasteiger partial charge in [0.1, 0.15) is 5.82 Å².